The van der Waals surface area contributed by atoms with Crippen molar-refractivity contribution in [1.82, 2.24) is 0 Å². The maximum absolute atomic E-state index is 10.3. The molecule has 0 heterocycles. The normalized spacial score (nSPS) is 12.6. The molecule has 0 aromatic heterocycles. The predicted molar refractivity (Wildman–Crippen MR) is 95.5 cm³/mol. The molecule has 0 radical (unpaired) electrons. The number of benzene rings is 2. The second-order valence-corrected chi connectivity index (χ2v) is 6.88. The van der Waals surface area contributed by atoms with E-state index in [1.165, 1.54) is 0 Å². The van der Waals surface area contributed by atoms with Crippen LogP contribution >= 0.6 is 0 Å². The Hall–Kier alpha value is -1.55. The molecule has 0 amide bonds. The van der Waals surface area contributed by atoms with Crippen molar-refractivity contribution in [2.24, 2.45) is 0 Å². The van der Waals surface area contributed by atoms with Gasteiger partial charge >= 0.3 is 0 Å². The molecule has 2 rings (SSSR count). The summed E-state index contributed by atoms with van der Waals surface area (Å²) >= 11 is 0. The molecule has 0 aliphatic carbocycles. The minimum Gasteiger partial charge on any atom is -1.00 e. The van der Waals surface area contributed by atoms with E-state index >= 15 is 0 Å². The van der Waals surface area contributed by atoms with Crippen LogP contribution in [0.2, 0.25) is 0 Å². The van der Waals surface area contributed by atoms with Crippen molar-refractivity contribution in [3.63, 3.8) is 0 Å². The van der Waals surface area contributed by atoms with Crippen LogP contribution < -0.4 is 17.1 Å². The zero-order valence-corrected chi connectivity index (χ0v) is 15.7. The average molecular weight is 350 g/mol. The van der Waals surface area contributed by atoms with Crippen LogP contribution in [0, 0.1) is 0 Å². The zero-order valence-electron chi connectivity index (χ0n) is 14.9. The number of aliphatic hydroxyl groups excluding tert-OH is 1. The van der Waals surface area contributed by atoms with Gasteiger partial charge in [0.15, 0.2) is 0 Å². The SMILES string of the molecule is CC(C)[N+](C)(C)CC(O)COc1ccccc1-c1ccccc1.[Cl-]. The first-order chi connectivity index (χ1) is 10.9. The predicted octanol–water partition coefficient (Wildman–Crippen LogP) is 0.582. The van der Waals surface area contributed by atoms with E-state index in [0.29, 0.717) is 19.2 Å². The highest BCUT2D eigenvalue weighted by atomic mass is 35.5. The van der Waals surface area contributed by atoms with Gasteiger partial charge in [-0.05, 0) is 25.5 Å². The van der Waals surface area contributed by atoms with Crippen molar-refractivity contribution in [2.45, 2.75) is 26.0 Å². The first-order valence-corrected chi connectivity index (χ1v) is 8.18. The maximum Gasteiger partial charge on any atom is 0.137 e. The average Bonchev–Trinajstić information content (AvgIpc) is 2.53. The molecule has 0 aliphatic heterocycles. The Bertz CT molecular complexity index is 614. The molecule has 132 valence electrons. The van der Waals surface area contributed by atoms with Gasteiger partial charge < -0.3 is 26.7 Å². The summed E-state index contributed by atoms with van der Waals surface area (Å²) < 4.78 is 6.69. The fourth-order valence-electron chi connectivity index (χ4n) is 2.44. The van der Waals surface area contributed by atoms with Crippen molar-refractivity contribution in [2.75, 3.05) is 27.2 Å². The van der Waals surface area contributed by atoms with E-state index in [4.69, 9.17) is 4.74 Å². The van der Waals surface area contributed by atoms with E-state index in [0.717, 1.165) is 21.4 Å². The second-order valence-electron chi connectivity index (χ2n) is 6.88. The van der Waals surface area contributed by atoms with Crippen LogP contribution in [-0.2, 0) is 0 Å². The van der Waals surface area contributed by atoms with E-state index in [2.05, 4.69) is 40.1 Å². The Morgan fingerprint density at radius 3 is 2.17 bits per heavy atom. The smallest absolute Gasteiger partial charge is 0.137 e. The molecule has 0 saturated heterocycles. The lowest BCUT2D eigenvalue weighted by Gasteiger charge is -2.35. The largest absolute Gasteiger partial charge is 1.00 e. The van der Waals surface area contributed by atoms with Crippen LogP contribution in [0.4, 0.5) is 0 Å². The van der Waals surface area contributed by atoms with Crippen LogP contribution in [-0.4, -0.2) is 49.0 Å². The molecule has 1 atom stereocenters. The summed E-state index contributed by atoms with van der Waals surface area (Å²) in [6, 6.07) is 18.6. The molecule has 4 heteroatoms. The van der Waals surface area contributed by atoms with Crippen molar-refractivity contribution in [3.05, 3.63) is 54.6 Å². The maximum atomic E-state index is 10.3. The van der Waals surface area contributed by atoms with E-state index in [1.54, 1.807) is 0 Å². The molecule has 0 bridgehead atoms. The minimum atomic E-state index is -0.490. The molecule has 0 fully saturated rings. The summed E-state index contributed by atoms with van der Waals surface area (Å²) in [4.78, 5) is 0. The molecule has 3 nitrogen and oxygen atoms in total. The lowest BCUT2D eigenvalue weighted by atomic mass is 10.1. The lowest BCUT2D eigenvalue weighted by molar-refractivity contribution is -0.914. The number of aliphatic hydroxyl groups is 1. The molecular weight excluding hydrogens is 322 g/mol. The highest BCUT2D eigenvalue weighted by Gasteiger charge is 2.24. The van der Waals surface area contributed by atoms with E-state index in [-0.39, 0.29) is 12.4 Å². The Labute approximate surface area is 151 Å². The first-order valence-electron chi connectivity index (χ1n) is 8.18. The first kappa shape index (κ1) is 20.5. The van der Waals surface area contributed by atoms with E-state index in [9.17, 15) is 5.11 Å². The molecule has 0 saturated carbocycles. The van der Waals surface area contributed by atoms with Gasteiger partial charge in [-0.1, -0.05) is 48.5 Å². The number of halogens is 1. The quantitative estimate of drug-likeness (QED) is 0.741. The highest BCUT2D eigenvalue weighted by molar-refractivity contribution is 5.70. The van der Waals surface area contributed by atoms with Gasteiger partial charge in [0.1, 0.15) is 25.0 Å². The van der Waals surface area contributed by atoms with Crippen LogP contribution in [0.15, 0.2) is 54.6 Å². The van der Waals surface area contributed by atoms with Crippen molar-refractivity contribution in [1.29, 1.82) is 0 Å². The second kappa shape index (κ2) is 9.07. The standard InChI is InChI=1S/C20H28NO2.ClH/c1-16(2)21(3,4)14-18(22)15-23-20-13-9-8-12-19(20)17-10-6-5-7-11-17;/h5-13,16,18,22H,14-15H2,1-4H3;1H/q+1;/p-1. The summed E-state index contributed by atoms with van der Waals surface area (Å²) in [6.45, 7) is 5.31. The van der Waals surface area contributed by atoms with Crippen LogP contribution in [0.1, 0.15) is 13.8 Å². The third-order valence-electron chi connectivity index (χ3n) is 4.48. The molecule has 24 heavy (non-hydrogen) atoms. The Balaban J connectivity index is 0.00000288. The summed E-state index contributed by atoms with van der Waals surface area (Å²) in [6.07, 6.45) is -0.490. The number of nitrogens with zero attached hydrogens (tertiary/aromatic N) is 1. The summed E-state index contributed by atoms with van der Waals surface area (Å²) in [7, 11) is 4.26. The molecule has 2 aromatic carbocycles. The molecule has 1 unspecified atom stereocenters. The number of para-hydroxylation sites is 1. The van der Waals surface area contributed by atoms with Gasteiger partial charge in [0.05, 0.1) is 20.1 Å². The van der Waals surface area contributed by atoms with Crippen LogP contribution in [0.3, 0.4) is 0 Å². The number of hydrogen-bond donors (Lipinski definition) is 1. The number of quaternary nitrogens is 1. The minimum absolute atomic E-state index is 0. The third-order valence-corrected chi connectivity index (χ3v) is 4.48. The van der Waals surface area contributed by atoms with Crippen molar-refractivity contribution in [3.8, 4) is 16.9 Å². The molecule has 0 spiro atoms. The number of likely N-dealkylation sites (N-methyl/N-ethyl adjacent to an activating group) is 1. The fraction of sp³-hybridized carbons (Fsp3) is 0.400. The summed E-state index contributed by atoms with van der Waals surface area (Å²) in [5.74, 6) is 0.813. The zero-order chi connectivity index (χ0) is 16.9. The van der Waals surface area contributed by atoms with Gasteiger partial charge in [-0.25, -0.2) is 0 Å². The van der Waals surface area contributed by atoms with Crippen LogP contribution in [0.5, 0.6) is 5.75 Å². The van der Waals surface area contributed by atoms with Gasteiger partial charge in [-0.3, -0.25) is 0 Å². The Morgan fingerprint density at radius 1 is 0.958 bits per heavy atom. The molecule has 1 N–H and O–H groups in total. The number of hydrogen-bond acceptors (Lipinski definition) is 2. The van der Waals surface area contributed by atoms with Crippen LogP contribution in [0.25, 0.3) is 11.1 Å². The van der Waals surface area contributed by atoms with Gasteiger partial charge in [0.25, 0.3) is 0 Å². The van der Waals surface area contributed by atoms with Gasteiger partial charge in [0, 0.05) is 5.56 Å². The molecule has 2 aromatic rings. The fourth-order valence-corrected chi connectivity index (χ4v) is 2.44. The molecular formula is C20H28ClNO2. The summed E-state index contributed by atoms with van der Waals surface area (Å²) in [5.41, 5.74) is 2.17. The van der Waals surface area contributed by atoms with Crippen molar-refractivity contribution >= 4 is 0 Å². The highest BCUT2D eigenvalue weighted by Crippen LogP contribution is 2.29. The monoisotopic (exact) mass is 349 g/mol. The summed E-state index contributed by atoms with van der Waals surface area (Å²) in [5, 5.41) is 10.3. The van der Waals surface area contributed by atoms with Gasteiger partial charge in [-0.2, -0.15) is 0 Å². The van der Waals surface area contributed by atoms with E-state index in [1.807, 2.05) is 42.5 Å². The van der Waals surface area contributed by atoms with Gasteiger partial charge in [0.2, 0.25) is 0 Å². The lowest BCUT2D eigenvalue weighted by Crippen LogP contribution is -3.00. The van der Waals surface area contributed by atoms with Gasteiger partial charge in [-0.15, -0.1) is 0 Å². The third kappa shape index (κ3) is 5.52. The van der Waals surface area contributed by atoms with E-state index < -0.39 is 6.10 Å². The Morgan fingerprint density at radius 2 is 1.54 bits per heavy atom. The number of rotatable bonds is 7. The topological polar surface area (TPSA) is 29.5 Å². The number of ether oxygens (including phenoxy) is 1. The Kier molecular flexibility index (Phi) is 7.74. The molecule has 0 aliphatic rings. The van der Waals surface area contributed by atoms with Crippen molar-refractivity contribution < 1.29 is 26.7 Å².